The van der Waals surface area contributed by atoms with Crippen LogP contribution >= 0.6 is 35.6 Å². The monoisotopic (exact) mass is 244 g/mol. The first-order chi connectivity index (χ1) is 5.61. The van der Waals surface area contributed by atoms with Crippen molar-refractivity contribution in [1.82, 2.24) is 10.4 Å². The molecule has 1 aliphatic heterocycles. The van der Waals surface area contributed by atoms with Gasteiger partial charge in [0.2, 0.25) is 5.91 Å². The molecule has 0 aromatic carbocycles. The average Bonchev–Trinajstić information content (AvgIpc) is 2.56. The summed E-state index contributed by atoms with van der Waals surface area (Å²) in [7, 11) is 0. The topological polar surface area (TPSA) is 32.3 Å². The summed E-state index contributed by atoms with van der Waals surface area (Å²) < 4.78 is -0.790. The molecule has 2 fully saturated rings. The maximum atomic E-state index is 11.5. The Morgan fingerprint density at radius 1 is 1.54 bits per heavy atom. The third-order valence-corrected chi connectivity index (χ3v) is 3.09. The lowest BCUT2D eigenvalue weighted by Gasteiger charge is -2.15. The van der Waals surface area contributed by atoms with Crippen molar-refractivity contribution >= 4 is 41.5 Å². The van der Waals surface area contributed by atoms with E-state index in [1.54, 1.807) is 5.01 Å². The minimum atomic E-state index is -0.790. The highest BCUT2D eigenvalue weighted by molar-refractivity contribution is 6.52. The summed E-state index contributed by atoms with van der Waals surface area (Å²) in [6.07, 6.45) is 1.60. The van der Waals surface area contributed by atoms with Crippen molar-refractivity contribution in [2.75, 3.05) is 13.1 Å². The van der Waals surface area contributed by atoms with Gasteiger partial charge >= 0.3 is 0 Å². The van der Waals surface area contributed by atoms with Crippen molar-refractivity contribution in [1.29, 1.82) is 0 Å². The summed E-state index contributed by atoms with van der Waals surface area (Å²) in [5.41, 5.74) is 2.98. The highest BCUT2D eigenvalue weighted by Crippen LogP contribution is 2.53. The largest absolute Gasteiger partial charge is 0.278 e. The van der Waals surface area contributed by atoms with E-state index in [9.17, 15) is 4.79 Å². The highest BCUT2D eigenvalue weighted by atomic mass is 35.5. The molecule has 1 aliphatic carbocycles. The second-order valence-electron chi connectivity index (χ2n) is 3.27. The van der Waals surface area contributed by atoms with Crippen LogP contribution in [0.2, 0.25) is 0 Å². The second kappa shape index (κ2) is 3.81. The van der Waals surface area contributed by atoms with Crippen molar-refractivity contribution in [3.05, 3.63) is 0 Å². The molecule has 1 heterocycles. The number of carbonyl (C=O) groups excluding carboxylic acids is 1. The Balaban J connectivity index is 0.000000845. The van der Waals surface area contributed by atoms with Gasteiger partial charge in [0, 0.05) is 13.1 Å². The van der Waals surface area contributed by atoms with E-state index in [0.29, 0.717) is 6.42 Å². The Kier molecular flexibility index (Phi) is 3.33. The number of hydrazine groups is 1. The number of nitrogens with zero attached hydrogens (tertiary/aromatic N) is 1. The summed E-state index contributed by atoms with van der Waals surface area (Å²) in [6.45, 7) is 1.65. The average molecular weight is 246 g/mol. The first-order valence-corrected chi connectivity index (χ1v) is 4.79. The van der Waals surface area contributed by atoms with Crippen LogP contribution in [0.4, 0.5) is 0 Å². The molecule has 2 aliphatic rings. The smallest absolute Gasteiger partial charge is 0.242 e. The molecule has 0 aromatic heterocycles. The maximum Gasteiger partial charge on any atom is 0.242 e. The molecule has 13 heavy (non-hydrogen) atoms. The van der Waals surface area contributed by atoms with Gasteiger partial charge in [-0.05, 0) is 12.8 Å². The zero-order valence-electron chi connectivity index (χ0n) is 6.93. The number of halogens is 3. The minimum Gasteiger partial charge on any atom is -0.278 e. The van der Waals surface area contributed by atoms with Crippen molar-refractivity contribution in [3.8, 4) is 0 Å². The Labute approximate surface area is 93.1 Å². The van der Waals surface area contributed by atoms with E-state index in [2.05, 4.69) is 5.43 Å². The minimum absolute atomic E-state index is 0. The molecule has 0 radical (unpaired) electrons. The van der Waals surface area contributed by atoms with Crippen LogP contribution in [-0.4, -0.2) is 28.3 Å². The Hall–Kier alpha value is 0.300. The van der Waals surface area contributed by atoms with E-state index in [0.717, 1.165) is 19.5 Å². The SMILES string of the molecule is Cl.O=C(C1CC1(Cl)Cl)N1CCCN1. The zero-order chi connectivity index (χ0) is 8.77. The molecule has 1 unspecified atom stereocenters. The quantitative estimate of drug-likeness (QED) is 0.707. The summed E-state index contributed by atoms with van der Waals surface area (Å²) in [4.78, 5) is 11.5. The van der Waals surface area contributed by atoms with Gasteiger partial charge in [-0.15, -0.1) is 35.6 Å². The van der Waals surface area contributed by atoms with E-state index in [1.165, 1.54) is 0 Å². The van der Waals surface area contributed by atoms with Gasteiger partial charge in [0.1, 0.15) is 4.33 Å². The normalized spacial score (nSPS) is 29.7. The predicted octanol–water partition coefficient (Wildman–Crippen LogP) is 1.34. The van der Waals surface area contributed by atoms with E-state index in [-0.39, 0.29) is 24.2 Å². The summed E-state index contributed by atoms with van der Waals surface area (Å²) in [5.74, 6) is -0.149. The van der Waals surface area contributed by atoms with Crippen molar-refractivity contribution < 1.29 is 4.79 Å². The first-order valence-electron chi connectivity index (χ1n) is 4.04. The Bertz CT molecular complexity index is 209. The molecule has 1 atom stereocenters. The molecule has 76 valence electrons. The van der Waals surface area contributed by atoms with Gasteiger partial charge in [0.25, 0.3) is 0 Å². The molecule has 0 aromatic rings. The van der Waals surface area contributed by atoms with Crippen LogP contribution < -0.4 is 5.43 Å². The summed E-state index contributed by atoms with van der Waals surface area (Å²) in [6, 6.07) is 0. The fraction of sp³-hybridized carbons (Fsp3) is 0.857. The number of alkyl halides is 2. The predicted molar refractivity (Wildman–Crippen MR) is 54.1 cm³/mol. The maximum absolute atomic E-state index is 11.5. The van der Waals surface area contributed by atoms with Crippen LogP contribution in [0.15, 0.2) is 0 Å². The Morgan fingerprint density at radius 3 is 2.54 bits per heavy atom. The third kappa shape index (κ3) is 2.21. The van der Waals surface area contributed by atoms with Crippen LogP contribution in [-0.2, 0) is 4.79 Å². The molecule has 1 saturated heterocycles. The number of amides is 1. The van der Waals surface area contributed by atoms with Crippen LogP contribution in [0.25, 0.3) is 0 Å². The molecule has 1 N–H and O–H groups in total. The van der Waals surface area contributed by atoms with E-state index >= 15 is 0 Å². The van der Waals surface area contributed by atoms with Gasteiger partial charge in [-0.3, -0.25) is 9.80 Å². The van der Waals surface area contributed by atoms with Gasteiger partial charge in [-0.25, -0.2) is 5.43 Å². The van der Waals surface area contributed by atoms with Gasteiger partial charge < -0.3 is 0 Å². The lowest BCUT2D eigenvalue weighted by Crippen LogP contribution is -2.38. The molecule has 0 spiro atoms. The molecular formula is C7H11Cl3N2O. The van der Waals surface area contributed by atoms with Crippen molar-refractivity contribution in [3.63, 3.8) is 0 Å². The van der Waals surface area contributed by atoms with Crippen LogP contribution in [0, 0.1) is 5.92 Å². The van der Waals surface area contributed by atoms with Gasteiger partial charge in [-0.2, -0.15) is 0 Å². The fourth-order valence-electron chi connectivity index (χ4n) is 1.39. The highest BCUT2D eigenvalue weighted by Gasteiger charge is 2.57. The summed E-state index contributed by atoms with van der Waals surface area (Å²) in [5, 5.41) is 1.62. The first kappa shape index (κ1) is 11.4. The van der Waals surface area contributed by atoms with E-state index in [4.69, 9.17) is 23.2 Å². The van der Waals surface area contributed by atoms with E-state index < -0.39 is 4.33 Å². The van der Waals surface area contributed by atoms with Crippen molar-refractivity contribution in [2.24, 2.45) is 5.92 Å². The lowest BCUT2D eigenvalue weighted by molar-refractivity contribution is -0.134. The van der Waals surface area contributed by atoms with Gasteiger partial charge in [0.15, 0.2) is 0 Å². The molecule has 1 amide bonds. The van der Waals surface area contributed by atoms with Gasteiger partial charge in [-0.1, -0.05) is 0 Å². The molecule has 0 bridgehead atoms. The number of rotatable bonds is 1. The van der Waals surface area contributed by atoms with Crippen LogP contribution in [0.1, 0.15) is 12.8 Å². The fourth-order valence-corrected chi connectivity index (χ4v) is 1.88. The number of nitrogens with one attached hydrogen (secondary N) is 1. The molecule has 1 saturated carbocycles. The van der Waals surface area contributed by atoms with Crippen LogP contribution in [0.3, 0.4) is 0 Å². The third-order valence-electron chi connectivity index (χ3n) is 2.25. The Morgan fingerprint density at radius 2 is 2.15 bits per heavy atom. The van der Waals surface area contributed by atoms with Crippen LogP contribution in [0.5, 0.6) is 0 Å². The summed E-state index contributed by atoms with van der Waals surface area (Å²) >= 11 is 11.5. The van der Waals surface area contributed by atoms with Gasteiger partial charge in [0.05, 0.1) is 5.92 Å². The zero-order valence-corrected chi connectivity index (χ0v) is 9.25. The lowest BCUT2D eigenvalue weighted by atomic mass is 10.4. The standard InChI is InChI=1S/C7H10Cl2N2O.ClH/c8-7(9)4-5(7)6(12)11-3-1-2-10-11;/h5,10H,1-4H2;1H. The number of hydrogen-bond donors (Lipinski definition) is 1. The number of carbonyl (C=O) groups is 1. The second-order valence-corrected chi connectivity index (χ2v) is 4.81. The molecule has 3 nitrogen and oxygen atoms in total. The molecular weight excluding hydrogens is 234 g/mol. The van der Waals surface area contributed by atoms with E-state index in [1.807, 2.05) is 0 Å². The molecule has 6 heteroatoms. The molecule has 2 rings (SSSR count). The van der Waals surface area contributed by atoms with Crippen molar-refractivity contribution in [2.45, 2.75) is 17.2 Å². The number of hydrogen-bond acceptors (Lipinski definition) is 2.